The Labute approximate surface area is 140 Å². The summed E-state index contributed by atoms with van der Waals surface area (Å²) >= 11 is 0. The lowest BCUT2D eigenvalue weighted by Gasteiger charge is -2.36. The number of sulfonamides is 1. The lowest BCUT2D eigenvalue weighted by Crippen LogP contribution is -2.38. The molecular weight excluding hydrogens is 334 g/mol. The standard InChI is InChI=1S/C15H21N3O5S/c16-24(21,22)15-4-3-12(18(19)20)10-13(15)17-7-5-11(6-8-17)14-2-1-9-23-14/h3-4,10-11,14H,1-2,5-9H2,(H2,16,21,22). The lowest BCUT2D eigenvalue weighted by atomic mass is 9.89. The number of hydrogen-bond acceptors (Lipinski definition) is 6. The van der Waals surface area contributed by atoms with Crippen molar-refractivity contribution in [2.24, 2.45) is 11.1 Å². The molecule has 0 aliphatic carbocycles. The van der Waals surface area contributed by atoms with Crippen molar-refractivity contribution in [1.82, 2.24) is 0 Å². The van der Waals surface area contributed by atoms with E-state index in [9.17, 15) is 18.5 Å². The molecule has 0 bridgehead atoms. The minimum atomic E-state index is -3.94. The fourth-order valence-electron chi connectivity index (χ4n) is 3.59. The Hall–Kier alpha value is -1.71. The smallest absolute Gasteiger partial charge is 0.271 e. The number of nitro groups is 1. The van der Waals surface area contributed by atoms with E-state index >= 15 is 0 Å². The molecule has 1 atom stereocenters. The number of nitrogens with two attached hydrogens (primary N) is 1. The van der Waals surface area contributed by atoms with Crippen molar-refractivity contribution in [3.63, 3.8) is 0 Å². The molecule has 3 rings (SSSR count). The number of anilines is 1. The first-order chi connectivity index (χ1) is 11.4. The highest BCUT2D eigenvalue weighted by Gasteiger charge is 2.31. The van der Waals surface area contributed by atoms with Crippen LogP contribution < -0.4 is 10.0 Å². The number of piperidine rings is 1. The maximum absolute atomic E-state index is 11.8. The second kappa shape index (κ2) is 6.66. The summed E-state index contributed by atoms with van der Waals surface area (Å²) in [6.07, 6.45) is 4.19. The Kier molecular flexibility index (Phi) is 4.75. The predicted molar refractivity (Wildman–Crippen MR) is 88.4 cm³/mol. The Morgan fingerprint density at radius 1 is 1.25 bits per heavy atom. The Bertz CT molecular complexity index is 723. The molecular formula is C15H21N3O5S. The molecule has 0 amide bonds. The van der Waals surface area contributed by atoms with Gasteiger partial charge in [0, 0.05) is 31.8 Å². The molecule has 0 aromatic heterocycles. The molecule has 1 aromatic rings. The number of nitro benzene ring substituents is 1. The molecule has 8 nitrogen and oxygen atoms in total. The van der Waals surface area contributed by atoms with Crippen LogP contribution in [0.2, 0.25) is 0 Å². The average molecular weight is 355 g/mol. The fourth-order valence-corrected chi connectivity index (χ4v) is 4.33. The van der Waals surface area contributed by atoms with Crippen LogP contribution in [-0.2, 0) is 14.8 Å². The molecule has 2 fully saturated rings. The maximum Gasteiger partial charge on any atom is 0.271 e. The Morgan fingerprint density at radius 2 is 1.96 bits per heavy atom. The van der Waals surface area contributed by atoms with E-state index in [1.54, 1.807) is 0 Å². The van der Waals surface area contributed by atoms with Gasteiger partial charge in [0.15, 0.2) is 0 Å². The van der Waals surface area contributed by atoms with Crippen LogP contribution in [0.15, 0.2) is 23.1 Å². The number of ether oxygens (including phenoxy) is 1. The number of nitrogens with zero attached hydrogens (tertiary/aromatic N) is 2. The zero-order chi connectivity index (χ0) is 17.3. The van der Waals surface area contributed by atoms with Gasteiger partial charge in [-0.2, -0.15) is 0 Å². The first kappa shape index (κ1) is 17.1. The summed E-state index contributed by atoms with van der Waals surface area (Å²) in [5.41, 5.74) is 0.177. The van der Waals surface area contributed by atoms with Gasteiger partial charge in [0.25, 0.3) is 5.69 Å². The van der Waals surface area contributed by atoms with Crippen LogP contribution in [-0.4, -0.2) is 39.1 Å². The second-order valence-corrected chi connectivity index (χ2v) is 7.86. The molecule has 0 spiro atoms. The normalized spacial score (nSPS) is 22.7. The summed E-state index contributed by atoms with van der Waals surface area (Å²) in [5.74, 6) is 0.459. The van der Waals surface area contributed by atoms with Crippen molar-refractivity contribution >= 4 is 21.4 Å². The van der Waals surface area contributed by atoms with E-state index in [1.165, 1.54) is 18.2 Å². The van der Waals surface area contributed by atoms with E-state index in [0.717, 1.165) is 32.3 Å². The maximum atomic E-state index is 11.8. The first-order valence-electron chi connectivity index (χ1n) is 8.04. The zero-order valence-electron chi connectivity index (χ0n) is 13.3. The van der Waals surface area contributed by atoms with Crippen molar-refractivity contribution < 1.29 is 18.1 Å². The third-order valence-electron chi connectivity index (χ3n) is 4.83. The van der Waals surface area contributed by atoms with Gasteiger partial charge >= 0.3 is 0 Å². The summed E-state index contributed by atoms with van der Waals surface area (Å²) < 4.78 is 29.4. The summed E-state index contributed by atoms with van der Waals surface area (Å²) in [5, 5.41) is 16.3. The van der Waals surface area contributed by atoms with E-state index in [-0.39, 0.29) is 16.7 Å². The summed E-state index contributed by atoms with van der Waals surface area (Å²) in [7, 11) is -3.94. The van der Waals surface area contributed by atoms with Gasteiger partial charge in [-0.3, -0.25) is 10.1 Å². The topological polar surface area (TPSA) is 116 Å². The third kappa shape index (κ3) is 3.52. The number of hydrogen-bond donors (Lipinski definition) is 1. The molecule has 2 N–H and O–H groups in total. The van der Waals surface area contributed by atoms with Crippen LogP contribution in [0, 0.1) is 16.0 Å². The number of primary sulfonamides is 1. The second-order valence-electron chi connectivity index (χ2n) is 6.33. The fraction of sp³-hybridized carbons (Fsp3) is 0.600. The third-order valence-corrected chi connectivity index (χ3v) is 5.79. The van der Waals surface area contributed by atoms with Gasteiger partial charge in [-0.05, 0) is 37.7 Å². The van der Waals surface area contributed by atoms with Crippen LogP contribution in [0.1, 0.15) is 25.7 Å². The van der Waals surface area contributed by atoms with Crippen molar-refractivity contribution in [2.75, 3.05) is 24.6 Å². The average Bonchev–Trinajstić information content (AvgIpc) is 3.08. The largest absolute Gasteiger partial charge is 0.378 e. The molecule has 1 unspecified atom stereocenters. The molecule has 9 heteroatoms. The molecule has 2 saturated heterocycles. The molecule has 132 valence electrons. The van der Waals surface area contributed by atoms with Crippen LogP contribution in [0.4, 0.5) is 11.4 Å². The molecule has 2 aliphatic heterocycles. The van der Waals surface area contributed by atoms with Gasteiger partial charge in [-0.25, -0.2) is 13.6 Å². The Balaban J connectivity index is 1.83. The first-order valence-corrected chi connectivity index (χ1v) is 9.58. The highest BCUT2D eigenvalue weighted by Crippen LogP contribution is 2.34. The zero-order valence-corrected chi connectivity index (χ0v) is 14.1. The van der Waals surface area contributed by atoms with Gasteiger partial charge < -0.3 is 9.64 Å². The number of non-ortho nitro benzene ring substituents is 1. The van der Waals surface area contributed by atoms with Gasteiger partial charge in [-0.15, -0.1) is 0 Å². The Morgan fingerprint density at radius 3 is 2.50 bits per heavy atom. The van der Waals surface area contributed by atoms with Crippen LogP contribution in [0.5, 0.6) is 0 Å². The van der Waals surface area contributed by atoms with Crippen LogP contribution >= 0.6 is 0 Å². The van der Waals surface area contributed by atoms with Gasteiger partial charge in [0.05, 0.1) is 16.7 Å². The molecule has 2 heterocycles. The minimum absolute atomic E-state index is 0.0660. The minimum Gasteiger partial charge on any atom is -0.378 e. The van der Waals surface area contributed by atoms with E-state index in [1.807, 2.05) is 4.90 Å². The van der Waals surface area contributed by atoms with E-state index in [0.29, 0.717) is 24.7 Å². The summed E-state index contributed by atoms with van der Waals surface area (Å²) in [4.78, 5) is 12.3. The van der Waals surface area contributed by atoms with Crippen molar-refractivity contribution in [3.05, 3.63) is 28.3 Å². The lowest BCUT2D eigenvalue weighted by molar-refractivity contribution is -0.384. The van der Waals surface area contributed by atoms with Crippen molar-refractivity contribution in [1.29, 1.82) is 0 Å². The summed E-state index contributed by atoms with van der Waals surface area (Å²) in [6.45, 7) is 2.08. The van der Waals surface area contributed by atoms with Crippen LogP contribution in [0.25, 0.3) is 0 Å². The van der Waals surface area contributed by atoms with Crippen molar-refractivity contribution in [2.45, 2.75) is 36.7 Å². The molecule has 1 aromatic carbocycles. The highest BCUT2D eigenvalue weighted by atomic mass is 32.2. The SMILES string of the molecule is NS(=O)(=O)c1ccc([N+](=O)[O-])cc1N1CCC(C2CCCO2)CC1. The highest BCUT2D eigenvalue weighted by molar-refractivity contribution is 7.89. The predicted octanol–water partition coefficient (Wildman–Crippen LogP) is 1.64. The van der Waals surface area contributed by atoms with E-state index < -0.39 is 14.9 Å². The van der Waals surface area contributed by atoms with E-state index in [4.69, 9.17) is 9.88 Å². The molecule has 0 radical (unpaired) electrons. The number of benzene rings is 1. The van der Waals surface area contributed by atoms with Gasteiger partial charge in [-0.1, -0.05) is 0 Å². The van der Waals surface area contributed by atoms with Crippen LogP contribution in [0.3, 0.4) is 0 Å². The quantitative estimate of drug-likeness (QED) is 0.648. The van der Waals surface area contributed by atoms with Gasteiger partial charge in [0.1, 0.15) is 4.90 Å². The molecule has 0 saturated carbocycles. The van der Waals surface area contributed by atoms with Gasteiger partial charge in [0.2, 0.25) is 10.0 Å². The number of rotatable bonds is 4. The van der Waals surface area contributed by atoms with Crippen molar-refractivity contribution in [3.8, 4) is 0 Å². The molecule has 2 aliphatic rings. The molecule has 24 heavy (non-hydrogen) atoms. The van der Waals surface area contributed by atoms with E-state index in [2.05, 4.69) is 0 Å². The monoisotopic (exact) mass is 355 g/mol. The summed E-state index contributed by atoms with van der Waals surface area (Å²) in [6, 6.07) is 3.68.